The van der Waals surface area contributed by atoms with Crippen molar-refractivity contribution in [3.8, 4) is 11.6 Å². The number of anilines is 1. The van der Waals surface area contributed by atoms with Crippen molar-refractivity contribution >= 4 is 11.5 Å². The van der Waals surface area contributed by atoms with Gasteiger partial charge >= 0.3 is 11.6 Å². The Morgan fingerprint density at radius 3 is 2.42 bits per heavy atom. The van der Waals surface area contributed by atoms with Crippen LogP contribution in [0.2, 0.25) is 0 Å². The molecule has 2 aromatic carbocycles. The van der Waals surface area contributed by atoms with Gasteiger partial charge in [0.2, 0.25) is 5.82 Å². The molecule has 0 fully saturated rings. The van der Waals surface area contributed by atoms with E-state index in [-0.39, 0.29) is 17.4 Å². The van der Waals surface area contributed by atoms with Gasteiger partial charge in [-0.15, -0.1) is 0 Å². The SMILES string of the molecule is Cc1cc(C)cc(Oc2ncnc(NCc3ccccc3)c2[N+](=O)[O-])c1. The molecular weight excluding hydrogens is 332 g/mol. The maximum Gasteiger partial charge on any atom is 0.373 e. The zero-order chi connectivity index (χ0) is 18.5. The van der Waals surface area contributed by atoms with E-state index in [1.54, 1.807) is 12.1 Å². The minimum atomic E-state index is -0.536. The summed E-state index contributed by atoms with van der Waals surface area (Å²) in [5.41, 5.74) is 2.69. The van der Waals surface area contributed by atoms with Crippen LogP contribution in [0.25, 0.3) is 0 Å². The molecular formula is C19H18N4O3. The Morgan fingerprint density at radius 1 is 1.08 bits per heavy atom. The number of nitrogens with one attached hydrogen (secondary N) is 1. The Balaban J connectivity index is 1.89. The van der Waals surface area contributed by atoms with E-state index in [1.165, 1.54) is 6.33 Å². The van der Waals surface area contributed by atoms with E-state index in [4.69, 9.17) is 4.74 Å². The summed E-state index contributed by atoms with van der Waals surface area (Å²) in [7, 11) is 0. The molecule has 1 N–H and O–H groups in total. The summed E-state index contributed by atoms with van der Waals surface area (Å²) in [4.78, 5) is 19.0. The third-order valence-electron chi connectivity index (χ3n) is 3.68. The van der Waals surface area contributed by atoms with Gasteiger partial charge in [0.1, 0.15) is 12.1 Å². The van der Waals surface area contributed by atoms with Gasteiger partial charge in [-0.25, -0.2) is 4.98 Å². The van der Waals surface area contributed by atoms with Crippen LogP contribution in [0.15, 0.2) is 54.9 Å². The van der Waals surface area contributed by atoms with E-state index >= 15 is 0 Å². The van der Waals surface area contributed by atoms with Crippen molar-refractivity contribution in [2.45, 2.75) is 20.4 Å². The van der Waals surface area contributed by atoms with Crippen LogP contribution >= 0.6 is 0 Å². The largest absolute Gasteiger partial charge is 0.434 e. The normalized spacial score (nSPS) is 10.4. The van der Waals surface area contributed by atoms with Crippen molar-refractivity contribution in [3.63, 3.8) is 0 Å². The standard InChI is InChI=1S/C19H18N4O3/c1-13-8-14(2)10-16(9-13)26-19-17(23(24)25)18(21-12-22-19)20-11-15-6-4-3-5-7-15/h3-10,12H,11H2,1-2H3,(H,20,21,22). The Hall–Kier alpha value is -3.48. The Morgan fingerprint density at radius 2 is 1.77 bits per heavy atom. The molecule has 0 saturated heterocycles. The molecule has 0 unspecified atom stereocenters. The fourth-order valence-corrected chi connectivity index (χ4v) is 2.62. The first kappa shape index (κ1) is 17.3. The van der Waals surface area contributed by atoms with Crippen molar-refractivity contribution in [1.29, 1.82) is 0 Å². The van der Waals surface area contributed by atoms with Gasteiger partial charge in [0.25, 0.3) is 0 Å². The van der Waals surface area contributed by atoms with Gasteiger partial charge in [0, 0.05) is 6.54 Å². The quantitative estimate of drug-likeness (QED) is 0.523. The highest BCUT2D eigenvalue weighted by Gasteiger charge is 2.25. The van der Waals surface area contributed by atoms with Crippen LogP contribution < -0.4 is 10.1 Å². The van der Waals surface area contributed by atoms with Crippen LogP contribution in [0.3, 0.4) is 0 Å². The zero-order valence-corrected chi connectivity index (χ0v) is 14.5. The highest BCUT2D eigenvalue weighted by molar-refractivity contribution is 5.62. The van der Waals surface area contributed by atoms with Crippen molar-refractivity contribution < 1.29 is 9.66 Å². The number of aryl methyl sites for hydroxylation is 2. The number of benzene rings is 2. The summed E-state index contributed by atoms with van der Waals surface area (Å²) < 4.78 is 5.69. The smallest absolute Gasteiger partial charge is 0.373 e. The lowest BCUT2D eigenvalue weighted by molar-refractivity contribution is -0.385. The third kappa shape index (κ3) is 4.13. The molecule has 0 aliphatic heterocycles. The molecule has 0 aliphatic rings. The van der Waals surface area contributed by atoms with Crippen molar-refractivity contribution in [3.05, 3.63) is 81.7 Å². The molecule has 0 aliphatic carbocycles. The Bertz CT molecular complexity index is 909. The molecule has 132 valence electrons. The number of hydrogen-bond acceptors (Lipinski definition) is 6. The van der Waals surface area contributed by atoms with Crippen LogP contribution in [0, 0.1) is 24.0 Å². The minimum absolute atomic E-state index is 0.0921. The molecule has 7 nitrogen and oxygen atoms in total. The van der Waals surface area contributed by atoms with Gasteiger partial charge in [-0.3, -0.25) is 10.1 Å². The number of rotatable bonds is 6. The maximum atomic E-state index is 11.6. The maximum absolute atomic E-state index is 11.6. The summed E-state index contributed by atoms with van der Waals surface area (Å²) in [6.45, 7) is 4.27. The van der Waals surface area contributed by atoms with Gasteiger partial charge in [0.05, 0.1) is 4.92 Å². The monoisotopic (exact) mass is 350 g/mol. The van der Waals surface area contributed by atoms with Crippen molar-refractivity contribution in [2.24, 2.45) is 0 Å². The molecule has 0 amide bonds. The molecule has 1 aromatic heterocycles. The number of ether oxygens (including phenoxy) is 1. The molecule has 3 rings (SSSR count). The molecule has 0 spiro atoms. The summed E-state index contributed by atoms with van der Waals surface area (Å²) in [6, 6.07) is 15.2. The number of nitro groups is 1. The lowest BCUT2D eigenvalue weighted by Crippen LogP contribution is -2.07. The lowest BCUT2D eigenvalue weighted by Gasteiger charge is -2.10. The van der Waals surface area contributed by atoms with Crippen LogP contribution in [-0.4, -0.2) is 14.9 Å². The van der Waals surface area contributed by atoms with Crippen molar-refractivity contribution in [1.82, 2.24) is 9.97 Å². The van der Waals surface area contributed by atoms with Crippen LogP contribution in [0.4, 0.5) is 11.5 Å². The predicted molar refractivity (Wildman–Crippen MR) is 98.4 cm³/mol. The molecule has 0 saturated carbocycles. The Kier molecular flexibility index (Phi) is 5.07. The summed E-state index contributed by atoms with van der Waals surface area (Å²) in [6.07, 6.45) is 1.25. The summed E-state index contributed by atoms with van der Waals surface area (Å²) >= 11 is 0. The van der Waals surface area contributed by atoms with Crippen molar-refractivity contribution in [2.75, 3.05) is 5.32 Å². The van der Waals surface area contributed by atoms with Gasteiger partial charge in [-0.05, 0) is 42.7 Å². The summed E-state index contributed by atoms with van der Waals surface area (Å²) in [5, 5.41) is 14.6. The fourth-order valence-electron chi connectivity index (χ4n) is 2.62. The first-order valence-corrected chi connectivity index (χ1v) is 8.06. The predicted octanol–water partition coefficient (Wildman–Crippen LogP) is 4.41. The Labute approximate surface area is 150 Å². The first-order valence-electron chi connectivity index (χ1n) is 8.06. The van der Waals surface area contributed by atoms with Crippen LogP contribution in [0.5, 0.6) is 11.6 Å². The van der Waals surface area contributed by atoms with E-state index in [2.05, 4.69) is 15.3 Å². The number of aromatic nitrogens is 2. The van der Waals surface area contributed by atoms with E-state index in [1.807, 2.05) is 50.2 Å². The van der Waals surface area contributed by atoms with E-state index in [0.29, 0.717) is 12.3 Å². The third-order valence-corrected chi connectivity index (χ3v) is 3.68. The van der Waals surface area contributed by atoms with E-state index in [0.717, 1.165) is 16.7 Å². The lowest BCUT2D eigenvalue weighted by atomic mass is 10.1. The molecule has 3 aromatic rings. The average molecular weight is 350 g/mol. The van der Waals surface area contributed by atoms with Gasteiger partial charge in [-0.1, -0.05) is 36.4 Å². The second kappa shape index (κ2) is 7.60. The minimum Gasteiger partial charge on any atom is -0.434 e. The molecule has 0 atom stereocenters. The highest BCUT2D eigenvalue weighted by Crippen LogP contribution is 2.34. The number of hydrogen-bond donors (Lipinski definition) is 1. The molecule has 1 heterocycles. The molecule has 0 radical (unpaired) electrons. The topological polar surface area (TPSA) is 90.2 Å². The second-order valence-corrected chi connectivity index (χ2v) is 5.90. The van der Waals surface area contributed by atoms with E-state index in [9.17, 15) is 10.1 Å². The first-order chi connectivity index (χ1) is 12.5. The molecule has 0 bridgehead atoms. The summed E-state index contributed by atoms with van der Waals surface area (Å²) in [5.74, 6) is 0.525. The second-order valence-electron chi connectivity index (χ2n) is 5.90. The van der Waals surface area contributed by atoms with Crippen LogP contribution in [0.1, 0.15) is 16.7 Å². The highest BCUT2D eigenvalue weighted by atomic mass is 16.6. The van der Waals surface area contributed by atoms with Crippen LogP contribution in [-0.2, 0) is 6.54 Å². The molecule has 7 heteroatoms. The van der Waals surface area contributed by atoms with E-state index < -0.39 is 4.92 Å². The van der Waals surface area contributed by atoms with Gasteiger partial charge in [0.15, 0.2) is 0 Å². The zero-order valence-electron chi connectivity index (χ0n) is 14.5. The van der Waals surface area contributed by atoms with Gasteiger partial charge in [-0.2, -0.15) is 4.98 Å². The fraction of sp³-hybridized carbons (Fsp3) is 0.158. The molecule has 26 heavy (non-hydrogen) atoms. The van der Waals surface area contributed by atoms with Gasteiger partial charge < -0.3 is 10.1 Å². The number of nitrogens with zero attached hydrogens (tertiary/aromatic N) is 3. The average Bonchev–Trinajstić information content (AvgIpc) is 2.60.